The SMILES string of the molecule is Cc1ccc(S(=O)(=O)N2CCCC(CCO)C2)cc1F. The van der Waals surface area contributed by atoms with Gasteiger partial charge in [0.15, 0.2) is 0 Å². The van der Waals surface area contributed by atoms with Crippen molar-refractivity contribution >= 4 is 10.0 Å². The Morgan fingerprint density at radius 3 is 2.85 bits per heavy atom. The molecule has 4 nitrogen and oxygen atoms in total. The maximum atomic E-state index is 13.6. The summed E-state index contributed by atoms with van der Waals surface area (Å²) in [6, 6.07) is 4.01. The van der Waals surface area contributed by atoms with Crippen LogP contribution in [0.15, 0.2) is 23.1 Å². The van der Waals surface area contributed by atoms with Crippen LogP contribution in [0.2, 0.25) is 0 Å². The minimum Gasteiger partial charge on any atom is -0.396 e. The maximum Gasteiger partial charge on any atom is 0.243 e. The Kier molecular flexibility index (Phi) is 4.78. The van der Waals surface area contributed by atoms with Gasteiger partial charge in [-0.1, -0.05) is 6.07 Å². The number of nitrogens with zero attached hydrogens (tertiary/aromatic N) is 1. The molecular formula is C14H20FNO3S. The van der Waals surface area contributed by atoms with Crippen LogP contribution in [-0.2, 0) is 10.0 Å². The largest absolute Gasteiger partial charge is 0.396 e. The molecule has 0 radical (unpaired) electrons. The van der Waals surface area contributed by atoms with Crippen molar-refractivity contribution in [3.8, 4) is 0 Å². The topological polar surface area (TPSA) is 57.6 Å². The lowest BCUT2D eigenvalue weighted by atomic mass is 9.97. The van der Waals surface area contributed by atoms with Crippen molar-refractivity contribution in [3.05, 3.63) is 29.6 Å². The zero-order chi connectivity index (χ0) is 14.8. The summed E-state index contributed by atoms with van der Waals surface area (Å²) >= 11 is 0. The fourth-order valence-electron chi connectivity index (χ4n) is 2.55. The van der Waals surface area contributed by atoms with Gasteiger partial charge in [0.25, 0.3) is 0 Å². The number of aliphatic hydroxyl groups is 1. The van der Waals surface area contributed by atoms with Crippen molar-refractivity contribution in [3.63, 3.8) is 0 Å². The summed E-state index contributed by atoms with van der Waals surface area (Å²) in [5, 5.41) is 8.97. The molecule has 1 aliphatic heterocycles. The molecule has 1 aromatic carbocycles. The summed E-state index contributed by atoms with van der Waals surface area (Å²) < 4.78 is 40.0. The van der Waals surface area contributed by atoms with Crippen molar-refractivity contribution in [2.75, 3.05) is 19.7 Å². The van der Waals surface area contributed by atoms with Crippen LogP contribution >= 0.6 is 0 Å². The minimum absolute atomic E-state index is 0.00486. The fourth-order valence-corrected chi connectivity index (χ4v) is 4.11. The molecular weight excluding hydrogens is 281 g/mol. The summed E-state index contributed by atoms with van der Waals surface area (Å²) in [7, 11) is -3.64. The van der Waals surface area contributed by atoms with Crippen LogP contribution < -0.4 is 0 Å². The molecule has 0 aromatic heterocycles. The number of aliphatic hydroxyl groups excluding tert-OH is 1. The zero-order valence-electron chi connectivity index (χ0n) is 11.5. The van der Waals surface area contributed by atoms with Crippen molar-refractivity contribution in [2.24, 2.45) is 5.92 Å². The molecule has 0 aliphatic carbocycles. The highest BCUT2D eigenvalue weighted by atomic mass is 32.2. The number of hydrogen-bond acceptors (Lipinski definition) is 3. The van der Waals surface area contributed by atoms with Gasteiger partial charge in [0.05, 0.1) is 4.90 Å². The Morgan fingerprint density at radius 2 is 2.20 bits per heavy atom. The van der Waals surface area contributed by atoms with Gasteiger partial charge in [0.1, 0.15) is 5.82 Å². The van der Waals surface area contributed by atoms with Crippen LogP contribution in [0.1, 0.15) is 24.8 Å². The third-order valence-corrected chi connectivity index (χ3v) is 5.66. The molecule has 2 rings (SSSR count). The number of aryl methyl sites for hydroxylation is 1. The van der Waals surface area contributed by atoms with Gasteiger partial charge >= 0.3 is 0 Å². The van der Waals surface area contributed by atoms with E-state index in [1.807, 2.05) is 0 Å². The second kappa shape index (κ2) is 6.20. The van der Waals surface area contributed by atoms with Crippen LogP contribution in [0, 0.1) is 18.7 Å². The predicted molar refractivity (Wildman–Crippen MR) is 74.3 cm³/mol. The van der Waals surface area contributed by atoms with Crippen LogP contribution in [0.5, 0.6) is 0 Å². The molecule has 1 aliphatic rings. The monoisotopic (exact) mass is 301 g/mol. The third-order valence-electron chi connectivity index (χ3n) is 3.80. The first-order chi connectivity index (χ1) is 9.45. The highest BCUT2D eigenvalue weighted by Crippen LogP contribution is 2.26. The Bertz CT molecular complexity index is 572. The summed E-state index contributed by atoms with van der Waals surface area (Å²) in [5.41, 5.74) is 0.431. The highest BCUT2D eigenvalue weighted by molar-refractivity contribution is 7.89. The van der Waals surface area contributed by atoms with Crippen molar-refractivity contribution in [2.45, 2.75) is 31.1 Å². The summed E-state index contributed by atoms with van der Waals surface area (Å²) in [4.78, 5) is 0.00486. The van der Waals surface area contributed by atoms with E-state index in [4.69, 9.17) is 5.11 Å². The third kappa shape index (κ3) is 3.19. The molecule has 0 amide bonds. The van der Waals surface area contributed by atoms with Gasteiger partial charge in [-0.2, -0.15) is 4.31 Å². The highest BCUT2D eigenvalue weighted by Gasteiger charge is 2.30. The lowest BCUT2D eigenvalue weighted by Gasteiger charge is -2.31. The average molecular weight is 301 g/mol. The number of rotatable bonds is 4. The van der Waals surface area contributed by atoms with Gasteiger partial charge in [0, 0.05) is 19.7 Å². The second-order valence-electron chi connectivity index (χ2n) is 5.29. The van der Waals surface area contributed by atoms with Gasteiger partial charge in [-0.05, 0) is 49.8 Å². The van der Waals surface area contributed by atoms with E-state index in [2.05, 4.69) is 0 Å². The zero-order valence-corrected chi connectivity index (χ0v) is 12.4. The molecule has 0 bridgehead atoms. The number of halogens is 1. The van der Waals surface area contributed by atoms with Crippen molar-refractivity contribution < 1.29 is 17.9 Å². The smallest absolute Gasteiger partial charge is 0.243 e. The van der Waals surface area contributed by atoms with E-state index in [1.54, 1.807) is 6.92 Å². The quantitative estimate of drug-likeness (QED) is 0.924. The van der Waals surface area contributed by atoms with Gasteiger partial charge in [-0.15, -0.1) is 0 Å². The number of sulfonamides is 1. The van der Waals surface area contributed by atoms with E-state index >= 15 is 0 Å². The van der Waals surface area contributed by atoms with Crippen LogP contribution in [0.3, 0.4) is 0 Å². The first-order valence-corrected chi connectivity index (χ1v) is 8.26. The number of piperidine rings is 1. The van der Waals surface area contributed by atoms with Gasteiger partial charge in [0.2, 0.25) is 10.0 Å². The molecule has 1 atom stereocenters. The normalized spacial score (nSPS) is 21.1. The van der Waals surface area contributed by atoms with Crippen LogP contribution in [0.25, 0.3) is 0 Å². The Labute approximate surface area is 119 Å². The van der Waals surface area contributed by atoms with E-state index in [-0.39, 0.29) is 17.4 Å². The van der Waals surface area contributed by atoms with Gasteiger partial charge in [-0.3, -0.25) is 0 Å². The molecule has 0 saturated carbocycles. The fraction of sp³-hybridized carbons (Fsp3) is 0.571. The molecule has 1 unspecified atom stereocenters. The molecule has 20 heavy (non-hydrogen) atoms. The number of benzene rings is 1. The summed E-state index contributed by atoms with van der Waals surface area (Å²) in [5.74, 6) is -0.325. The van der Waals surface area contributed by atoms with E-state index in [1.165, 1.54) is 16.4 Å². The first-order valence-electron chi connectivity index (χ1n) is 6.82. The molecule has 1 fully saturated rings. The van der Waals surface area contributed by atoms with Crippen LogP contribution in [-0.4, -0.2) is 37.5 Å². The second-order valence-corrected chi connectivity index (χ2v) is 7.23. The lowest BCUT2D eigenvalue weighted by molar-refractivity contribution is 0.203. The summed E-state index contributed by atoms with van der Waals surface area (Å²) in [6.07, 6.45) is 2.31. The molecule has 1 heterocycles. The Morgan fingerprint density at radius 1 is 1.45 bits per heavy atom. The average Bonchev–Trinajstić information content (AvgIpc) is 2.42. The van der Waals surface area contributed by atoms with E-state index in [9.17, 15) is 12.8 Å². The molecule has 112 valence electrons. The summed E-state index contributed by atoms with van der Waals surface area (Å²) in [6.45, 7) is 2.53. The maximum absolute atomic E-state index is 13.6. The lowest BCUT2D eigenvalue weighted by Crippen LogP contribution is -2.40. The van der Waals surface area contributed by atoms with Gasteiger partial charge < -0.3 is 5.11 Å². The van der Waals surface area contributed by atoms with Gasteiger partial charge in [-0.25, -0.2) is 12.8 Å². The minimum atomic E-state index is -3.64. The Balaban J connectivity index is 2.23. The van der Waals surface area contributed by atoms with Crippen molar-refractivity contribution in [1.82, 2.24) is 4.31 Å². The number of hydrogen-bond donors (Lipinski definition) is 1. The molecule has 1 saturated heterocycles. The molecule has 6 heteroatoms. The Hall–Kier alpha value is -0.980. The first kappa shape index (κ1) is 15.4. The predicted octanol–water partition coefficient (Wildman–Crippen LogP) is 1.92. The molecule has 1 aromatic rings. The molecule has 1 N–H and O–H groups in total. The standard InChI is InChI=1S/C14H20FNO3S/c1-11-4-5-13(9-14(11)15)20(18,19)16-7-2-3-12(10-16)6-8-17/h4-5,9,12,17H,2-3,6-8,10H2,1H3. The van der Waals surface area contributed by atoms with E-state index in [0.29, 0.717) is 25.1 Å². The molecule has 0 spiro atoms. The van der Waals surface area contributed by atoms with Crippen LogP contribution in [0.4, 0.5) is 4.39 Å². The van der Waals surface area contributed by atoms with Crippen molar-refractivity contribution in [1.29, 1.82) is 0 Å². The van der Waals surface area contributed by atoms with E-state index < -0.39 is 15.8 Å². The van der Waals surface area contributed by atoms with E-state index in [0.717, 1.165) is 18.9 Å².